The van der Waals surface area contributed by atoms with Crippen molar-refractivity contribution in [1.82, 2.24) is 20.2 Å². The molecule has 0 spiro atoms. The Hall–Kier alpha value is -1.85. The summed E-state index contributed by atoms with van der Waals surface area (Å²) in [5.41, 5.74) is 3.43. The highest BCUT2D eigenvalue weighted by Crippen LogP contribution is 2.24. The van der Waals surface area contributed by atoms with E-state index in [1.165, 1.54) is 30.2 Å². The third kappa shape index (κ3) is 3.47. The lowest BCUT2D eigenvalue weighted by Gasteiger charge is -2.29. The van der Waals surface area contributed by atoms with E-state index in [9.17, 15) is 4.39 Å². The van der Waals surface area contributed by atoms with Crippen LogP contribution in [0.4, 0.5) is 4.39 Å². The van der Waals surface area contributed by atoms with Gasteiger partial charge in [0.05, 0.1) is 0 Å². The molecular formula is C19H23FN4. The molecule has 2 aliphatic rings. The number of benzene rings is 1. The molecule has 0 saturated carbocycles. The Bertz CT molecular complexity index is 712. The standard InChI is InChI=1S/C19H23FN4/c20-17-5-1-3-14(9-17)12-24-8-6-18-16(13-24)11-22-19(23-18)15-4-2-7-21-10-15/h1,3,5,9,11,15,21H,2,4,6-8,10,12-13H2/t15-/m0/s1. The molecule has 2 aromatic rings. The molecule has 1 N–H and O–H groups in total. The van der Waals surface area contributed by atoms with Gasteiger partial charge in [-0.1, -0.05) is 12.1 Å². The number of hydrogen-bond donors (Lipinski definition) is 1. The van der Waals surface area contributed by atoms with Gasteiger partial charge in [0, 0.05) is 56.0 Å². The SMILES string of the molecule is Fc1cccc(CN2CCc3nc([C@H]4CCCNC4)ncc3C2)c1. The zero-order valence-corrected chi connectivity index (χ0v) is 13.8. The van der Waals surface area contributed by atoms with E-state index in [2.05, 4.69) is 15.2 Å². The fourth-order valence-electron chi connectivity index (χ4n) is 3.69. The van der Waals surface area contributed by atoms with Crippen LogP contribution in [-0.4, -0.2) is 34.5 Å². The first-order valence-corrected chi connectivity index (χ1v) is 8.80. The molecule has 0 bridgehead atoms. The van der Waals surface area contributed by atoms with Gasteiger partial charge in [-0.2, -0.15) is 0 Å². The van der Waals surface area contributed by atoms with Gasteiger partial charge in [0.1, 0.15) is 11.6 Å². The van der Waals surface area contributed by atoms with Gasteiger partial charge in [-0.15, -0.1) is 0 Å². The normalized spacial score (nSPS) is 21.5. The number of piperidine rings is 1. The van der Waals surface area contributed by atoms with Crippen molar-refractivity contribution < 1.29 is 4.39 Å². The van der Waals surface area contributed by atoms with Gasteiger partial charge in [0.2, 0.25) is 0 Å². The summed E-state index contributed by atoms with van der Waals surface area (Å²) >= 11 is 0. The molecule has 0 amide bonds. The van der Waals surface area contributed by atoms with Crippen LogP contribution in [0.1, 0.15) is 41.4 Å². The molecule has 24 heavy (non-hydrogen) atoms. The summed E-state index contributed by atoms with van der Waals surface area (Å²) in [7, 11) is 0. The minimum atomic E-state index is -0.168. The highest BCUT2D eigenvalue weighted by Gasteiger charge is 2.22. The lowest BCUT2D eigenvalue weighted by atomic mass is 9.98. The van der Waals surface area contributed by atoms with Gasteiger partial charge in [-0.05, 0) is 37.1 Å². The van der Waals surface area contributed by atoms with E-state index in [4.69, 9.17) is 4.98 Å². The van der Waals surface area contributed by atoms with Crippen LogP contribution in [0.15, 0.2) is 30.5 Å². The molecule has 3 heterocycles. The second-order valence-corrected chi connectivity index (χ2v) is 6.83. The van der Waals surface area contributed by atoms with E-state index in [-0.39, 0.29) is 5.82 Å². The molecule has 0 radical (unpaired) electrons. The van der Waals surface area contributed by atoms with Crippen LogP contribution < -0.4 is 5.32 Å². The molecule has 1 aromatic carbocycles. The van der Waals surface area contributed by atoms with Crippen molar-refractivity contribution in [2.45, 2.75) is 38.3 Å². The highest BCUT2D eigenvalue weighted by molar-refractivity contribution is 5.23. The average Bonchev–Trinajstić information content (AvgIpc) is 2.62. The molecule has 4 rings (SSSR count). The van der Waals surface area contributed by atoms with Crippen LogP contribution in [0, 0.1) is 5.82 Å². The summed E-state index contributed by atoms with van der Waals surface area (Å²) in [6.45, 7) is 4.67. The largest absolute Gasteiger partial charge is 0.316 e. The van der Waals surface area contributed by atoms with Crippen LogP contribution in [-0.2, 0) is 19.5 Å². The quantitative estimate of drug-likeness (QED) is 0.941. The first kappa shape index (κ1) is 15.7. The number of rotatable bonds is 3. The smallest absolute Gasteiger partial charge is 0.132 e. The number of nitrogens with zero attached hydrogens (tertiary/aromatic N) is 3. The van der Waals surface area contributed by atoms with Crippen molar-refractivity contribution >= 4 is 0 Å². The number of aromatic nitrogens is 2. The molecule has 1 saturated heterocycles. The maximum atomic E-state index is 13.3. The third-order valence-electron chi connectivity index (χ3n) is 4.99. The molecule has 1 aromatic heterocycles. The third-order valence-corrected chi connectivity index (χ3v) is 4.99. The predicted molar refractivity (Wildman–Crippen MR) is 91.1 cm³/mol. The first-order chi connectivity index (χ1) is 11.8. The van der Waals surface area contributed by atoms with Crippen molar-refractivity contribution in [3.05, 3.63) is 58.9 Å². The van der Waals surface area contributed by atoms with Crippen molar-refractivity contribution in [2.24, 2.45) is 0 Å². The van der Waals surface area contributed by atoms with Crippen LogP contribution in [0.3, 0.4) is 0 Å². The van der Waals surface area contributed by atoms with E-state index in [0.717, 1.165) is 50.5 Å². The van der Waals surface area contributed by atoms with Crippen LogP contribution in [0.25, 0.3) is 0 Å². The number of hydrogen-bond acceptors (Lipinski definition) is 4. The van der Waals surface area contributed by atoms with Crippen LogP contribution in [0.5, 0.6) is 0 Å². The lowest BCUT2D eigenvalue weighted by molar-refractivity contribution is 0.242. The zero-order valence-electron chi connectivity index (χ0n) is 13.8. The Labute approximate surface area is 142 Å². The lowest BCUT2D eigenvalue weighted by Crippen LogP contribution is -2.32. The number of nitrogens with one attached hydrogen (secondary N) is 1. The summed E-state index contributed by atoms with van der Waals surface area (Å²) in [4.78, 5) is 11.8. The molecular weight excluding hydrogens is 303 g/mol. The maximum absolute atomic E-state index is 13.3. The molecule has 1 atom stereocenters. The highest BCUT2D eigenvalue weighted by atomic mass is 19.1. The van der Waals surface area contributed by atoms with E-state index < -0.39 is 0 Å². The number of fused-ring (bicyclic) bond motifs is 1. The van der Waals surface area contributed by atoms with Crippen LogP contribution >= 0.6 is 0 Å². The van der Waals surface area contributed by atoms with Crippen molar-refractivity contribution in [1.29, 1.82) is 0 Å². The summed E-state index contributed by atoms with van der Waals surface area (Å²) in [5, 5.41) is 3.43. The maximum Gasteiger partial charge on any atom is 0.132 e. The molecule has 2 aliphatic heterocycles. The fourth-order valence-corrected chi connectivity index (χ4v) is 3.69. The van der Waals surface area contributed by atoms with Gasteiger partial charge in [0.15, 0.2) is 0 Å². The molecule has 126 valence electrons. The Morgan fingerprint density at radius 1 is 1.33 bits per heavy atom. The van der Waals surface area contributed by atoms with E-state index in [1.807, 2.05) is 12.3 Å². The molecule has 1 fully saturated rings. The monoisotopic (exact) mass is 326 g/mol. The molecule has 5 heteroatoms. The Morgan fingerprint density at radius 2 is 2.29 bits per heavy atom. The summed E-state index contributed by atoms with van der Waals surface area (Å²) in [6.07, 6.45) is 5.33. The van der Waals surface area contributed by atoms with Crippen molar-refractivity contribution in [3.8, 4) is 0 Å². The van der Waals surface area contributed by atoms with E-state index >= 15 is 0 Å². The second-order valence-electron chi connectivity index (χ2n) is 6.83. The topological polar surface area (TPSA) is 41.1 Å². The van der Waals surface area contributed by atoms with Crippen molar-refractivity contribution in [2.75, 3.05) is 19.6 Å². The fraction of sp³-hybridized carbons (Fsp3) is 0.474. The van der Waals surface area contributed by atoms with Gasteiger partial charge in [-0.3, -0.25) is 4.90 Å². The minimum Gasteiger partial charge on any atom is -0.316 e. The average molecular weight is 326 g/mol. The van der Waals surface area contributed by atoms with Gasteiger partial charge >= 0.3 is 0 Å². The zero-order chi connectivity index (χ0) is 16.4. The van der Waals surface area contributed by atoms with Gasteiger partial charge in [-0.25, -0.2) is 14.4 Å². The summed E-state index contributed by atoms with van der Waals surface area (Å²) in [6, 6.07) is 6.86. The molecule has 4 nitrogen and oxygen atoms in total. The van der Waals surface area contributed by atoms with Gasteiger partial charge in [0.25, 0.3) is 0 Å². The molecule has 0 aliphatic carbocycles. The Kier molecular flexibility index (Phi) is 4.54. The Balaban J connectivity index is 1.45. The Morgan fingerprint density at radius 3 is 3.12 bits per heavy atom. The summed E-state index contributed by atoms with van der Waals surface area (Å²) in [5.74, 6) is 1.29. The van der Waals surface area contributed by atoms with E-state index in [1.54, 1.807) is 12.1 Å². The number of halogens is 1. The predicted octanol–water partition coefficient (Wildman–Crippen LogP) is 2.64. The summed E-state index contributed by atoms with van der Waals surface area (Å²) < 4.78 is 13.3. The minimum absolute atomic E-state index is 0.168. The van der Waals surface area contributed by atoms with E-state index in [0.29, 0.717) is 5.92 Å². The first-order valence-electron chi connectivity index (χ1n) is 8.80. The molecule has 0 unspecified atom stereocenters. The van der Waals surface area contributed by atoms with Crippen LogP contribution in [0.2, 0.25) is 0 Å². The van der Waals surface area contributed by atoms with Gasteiger partial charge < -0.3 is 5.32 Å². The second kappa shape index (κ2) is 6.95. The van der Waals surface area contributed by atoms with Crippen molar-refractivity contribution in [3.63, 3.8) is 0 Å².